The van der Waals surface area contributed by atoms with Gasteiger partial charge in [0.2, 0.25) is 0 Å². The van der Waals surface area contributed by atoms with Crippen molar-refractivity contribution in [2.45, 2.75) is 51.5 Å². The fourth-order valence-corrected chi connectivity index (χ4v) is 3.03. The Morgan fingerprint density at radius 3 is 2.79 bits per heavy atom. The Morgan fingerprint density at radius 1 is 1.42 bits per heavy atom. The molecule has 1 aromatic heterocycles. The molecule has 0 aromatic carbocycles. The molecule has 0 saturated heterocycles. The second-order valence-electron chi connectivity index (χ2n) is 5.32. The Kier molecular flexibility index (Phi) is 5.20. The summed E-state index contributed by atoms with van der Waals surface area (Å²) < 4.78 is 0. The molecular formula is C15H21ClN2O. The van der Waals surface area contributed by atoms with Crippen molar-refractivity contribution in [3.63, 3.8) is 0 Å². The van der Waals surface area contributed by atoms with Crippen LogP contribution in [0.2, 0.25) is 5.15 Å². The summed E-state index contributed by atoms with van der Waals surface area (Å²) in [6.07, 6.45) is 8.76. The summed E-state index contributed by atoms with van der Waals surface area (Å²) in [4.78, 5) is 16.0. The highest BCUT2D eigenvalue weighted by atomic mass is 35.5. The van der Waals surface area contributed by atoms with Crippen LogP contribution in [0.3, 0.4) is 0 Å². The quantitative estimate of drug-likeness (QED) is 0.852. The molecule has 1 fully saturated rings. The maximum atomic E-state index is 12.1. The van der Waals surface area contributed by atoms with Crippen LogP contribution in [0.15, 0.2) is 18.3 Å². The van der Waals surface area contributed by atoms with Crippen LogP contribution < -0.4 is 5.32 Å². The van der Waals surface area contributed by atoms with Gasteiger partial charge in [-0.2, -0.15) is 0 Å². The van der Waals surface area contributed by atoms with Crippen LogP contribution in [0.5, 0.6) is 0 Å². The number of pyridine rings is 1. The molecule has 0 unspecified atom stereocenters. The molecule has 1 aliphatic carbocycles. The zero-order valence-corrected chi connectivity index (χ0v) is 12.1. The van der Waals surface area contributed by atoms with Crippen molar-refractivity contribution in [1.82, 2.24) is 10.3 Å². The highest BCUT2D eigenvalue weighted by Gasteiger charge is 2.22. The van der Waals surface area contributed by atoms with Gasteiger partial charge in [-0.25, -0.2) is 4.98 Å². The number of carbonyl (C=O) groups excluding carboxylic acids is 1. The molecule has 1 aromatic rings. The van der Waals surface area contributed by atoms with Gasteiger partial charge in [-0.05, 0) is 43.7 Å². The number of rotatable bonds is 4. The van der Waals surface area contributed by atoms with Gasteiger partial charge in [0, 0.05) is 12.2 Å². The monoisotopic (exact) mass is 280 g/mol. The minimum atomic E-state index is -0.1000. The lowest BCUT2D eigenvalue weighted by Gasteiger charge is -2.29. The summed E-state index contributed by atoms with van der Waals surface area (Å²) in [6, 6.07) is 3.74. The molecule has 3 nitrogen and oxygen atoms in total. The van der Waals surface area contributed by atoms with E-state index in [2.05, 4.69) is 17.2 Å². The van der Waals surface area contributed by atoms with E-state index >= 15 is 0 Å². The summed E-state index contributed by atoms with van der Waals surface area (Å²) in [7, 11) is 0. The third-order valence-electron chi connectivity index (χ3n) is 3.88. The molecule has 1 amide bonds. The van der Waals surface area contributed by atoms with Crippen LogP contribution in [0.25, 0.3) is 0 Å². The van der Waals surface area contributed by atoms with Gasteiger partial charge in [0.15, 0.2) is 0 Å². The van der Waals surface area contributed by atoms with E-state index in [9.17, 15) is 4.79 Å². The van der Waals surface area contributed by atoms with Crippen molar-refractivity contribution in [2.24, 2.45) is 5.92 Å². The molecule has 0 aliphatic heterocycles. The van der Waals surface area contributed by atoms with E-state index in [0.29, 0.717) is 5.56 Å². The normalized spacial score (nSPS) is 23.1. The first-order valence-electron chi connectivity index (χ1n) is 7.12. The van der Waals surface area contributed by atoms with Crippen LogP contribution in [-0.4, -0.2) is 16.9 Å². The highest BCUT2D eigenvalue weighted by Crippen LogP contribution is 2.28. The summed E-state index contributed by atoms with van der Waals surface area (Å²) in [6.45, 7) is 2.23. The molecule has 0 spiro atoms. The van der Waals surface area contributed by atoms with Gasteiger partial charge >= 0.3 is 0 Å². The molecule has 4 heteroatoms. The molecule has 1 saturated carbocycles. The van der Waals surface area contributed by atoms with E-state index in [1.54, 1.807) is 18.3 Å². The first kappa shape index (κ1) is 14.3. The lowest BCUT2D eigenvalue weighted by molar-refractivity contribution is 0.0921. The minimum Gasteiger partial charge on any atom is -0.349 e. The summed E-state index contributed by atoms with van der Waals surface area (Å²) in [5.74, 6) is 0.747. The van der Waals surface area contributed by atoms with Gasteiger partial charge in [0.1, 0.15) is 5.15 Å². The molecule has 0 bridgehead atoms. The second kappa shape index (κ2) is 6.90. The average Bonchev–Trinajstić information content (AvgIpc) is 2.42. The standard InChI is InChI=1S/C15H21ClN2O/c1-2-4-11-6-8-12(9-7-11)18-15(19)13-5-3-10-17-14(13)16/h3,5,10-12H,2,4,6-9H2,1H3,(H,18,19). The van der Waals surface area contributed by atoms with Gasteiger partial charge in [0.25, 0.3) is 5.91 Å². The Balaban J connectivity index is 1.86. The van der Waals surface area contributed by atoms with Crippen molar-refractivity contribution >= 4 is 17.5 Å². The molecule has 19 heavy (non-hydrogen) atoms. The van der Waals surface area contributed by atoms with Crippen LogP contribution >= 0.6 is 11.6 Å². The number of carbonyl (C=O) groups is 1. The zero-order chi connectivity index (χ0) is 13.7. The Labute approximate surface area is 119 Å². The third kappa shape index (κ3) is 3.93. The molecule has 104 valence electrons. The lowest BCUT2D eigenvalue weighted by atomic mass is 9.83. The van der Waals surface area contributed by atoms with E-state index < -0.39 is 0 Å². The van der Waals surface area contributed by atoms with E-state index in [1.165, 1.54) is 25.7 Å². The van der Waals surface area contributed by atoms with Crippen LogP contribution in [-0.2, 0) is 0 Å². The van der Waals surface area contributed by atoms with E-state index in [0.717, 1.165) is 18.8 Å². The maximum absolute atomic E-state index is 12.1. The first-order chi connectivity index (χ1) is 9.20. The fourth-order valence-electron chi connectivity index (χ4n) is 2.82. The van der Waals surface area contributed by atoms with Crippen molar-refractivity contribution in [3.8, 4) is 0 Å². The van der Waals surface area contributed by atoms with E-state index in [1.807, 2.05) is 0 Å². The van der Waals surface area contributed by atoms with Crippen LogP contribution in [0.1, 0.15) is 55.8 Å². The Morgan fingerprint density at radius 2 is 2.16 bits per heavy atom. The number of nitrogens with one attached hydrogen (secondary N) is 1. The number of amides is 1. The van der Waals surface area contributed by atoms with Crippen LogP contribution in [0.4, 0.5) is 0 Å². The third-order valence-corrected chi connectivity index (χ3v) is 4.18. The minimum absolute atomic E-state index is 0.1000. The molecule has 1 aliphatic rings. The molecule has 1 heterocycles. The van der Waals surface area contributed by atoms with Crippen molar-refractivity contribution in [2.75, 3.05) is 0 Å². The number of aromatic nitrogens is 1. The summed E-state index contributed by atoms with van der Waals surface area (Å²) in [5, 5.41) is 3.35. The van der Waals surface area contributed by atoms with Crippen molar-refractivity contribution < 1.29 is 4.79 Å². The predicted octanol–water partition coefficient (Wildman–Crippen LogP) is 3.82. The SMILES string of the molecule is CCCC1CCC(NC(=O)c2cccnc2Cl)CC1. The van der Waals surface area contributed by atoms with E-state index in [4.69, 9.17) is 11.6 Å². The average molecular weight is 281 g/mol. The Bertz CT molecular complexity index is 428. The molecule has 2 rings (SSSR count). The molecule has 0 atom stereocenters. The van der Waals surface area contributed by atoms with Crippen molar-refractivity contribution in [3.05, 3.63) is 29.0 Å². The largest absolute Gasteiger partial charge is 0.349 e. The first-order valence-corrected chi connectivity index (χ1v) is 7.50. The Hall–Kier alpha value is -1.09. The number of halogens is 1. The van der Waals surface area contributed by atoms with Crippen molar-refractivity contribution in [1.29, 1.82) is 0 Å². The van der Waals surface area contributed by atoms with Gasteiger partial charge in [-0.3, -0.25) is 4.79 Å². The molecule has 1 N–H and O–H groups in total. The molecule has 0 radical (unpaired) electrons. The number of hydrogen-bond donors (Lipinski definition) is 1. The van der Waals surface area contributed by atoms with Gasteiger partial charge in [0.05, 0.1) is 5.56 Å². The van der Waals surface area contributed by atoms with Gasteiger partial charge < -0.3 is 5.32 Å². The maximum Gasteiger partial charge on any atom is 0.254 e. The summed E-state index contributed by atoms with van der Waals surface area (Å²) in [5.41, 5.74) is 0.472. The predicted molar refractivity (Wildman–Crippen MR) is 77.4 cm³/mol. The second-order valence-corrected chi connectivity index (χ2v) is 5.68. The fraction of sp³-hybridized carbons (Fsp3) is 0.600. The van der Waals surface area contributed by atoms with Gasteiger partial charge in [-0.1, -0.05) is 31.4 Å². The smallest absolute Gasteiger partial charge is 0.254 e. The van der Waals surface area contributed by atoms with Crippen LogP contribution in [0, 0.1) is 5.92 Å². The summed E-state index contributed by atoms with van der Waals surface area (Å²) >= 11 is 5.93. The molecular weight excluding hydrogens is 260 g/mol. The number of hydrogen-bond acceptors (Lipinski definition) is 2. The van der Waals surface area contributed by atoms with E-state index in [-0.39, 0.29) is 17.1 Å². The zero-order valence-electron chi connectivity index (χ0n) is 11.4. The highest BCUT2D eigenvalue weighted by molar-refractivity contribution is 6.32. The number of nitrogens with zero attached hydrogens (tertiary/aromatic N) is 1. The van der Waals surface area contributed by atoms with Gasteiger partial charge in [-0.15, -0.1) is 0 Å². The lowest BCUT2D eigenvalue weighted by Crippen LogP contribution is -2.37. The topological polar surface area (TPSA) is 42.0 Å².